The van der Waals surface area contributed by atoms with Crippen molar-refractivity contribution in [2.75, 3.05) is 0 Å². The largest absolute Gasteiger partial charge is 0.206 e. The van der Waals surface area contributed by atoms with Crippen LogP contribution in [0.25, 0.3) is 28.0 Å². The van der Waals surface area contributed by atoms with Gasteiger partial charge in [-0.05, 0) is 72.6 Å². The molecule has 0 aromatic heterocycles. The van der Waals surface area contributed by atoms with Crippen molar-refractivity contribution in [3.8, 4) is 11.1 Å². The lowest BCUT2D eigenvalue weighted by molar-refractivity contribution is 0.308. The van der Waals surface area contributed by atoms with Crippen LogP contribution < -0.4 is 0 Å². The summed E-state index contributed by atoms with van der Waals surface area (Å²) in [6.07, 6.45) is 12.0. The van der Waals surface area contributed by atoms with E-state index in [2.05, 4.69) is 31.2 Å². The first kappa shape index (κ1) is 19.9. The molecule has 1 aliphatic carbocycles. The zero-order valence-corrected chi connectivity index (χ0v) is 17.6. The Morgan fingerprint density at radius 3 is 2.38 bits per heavy atom. The van der Waals surface area contributed by atoms with Gasteiger partial charge in [-0.15, -0.1) is 0 Å². The third kappa shape index (κ3) is 4.29. The van der Waals surface area contributed by atoms with Crippen molar-refractivity contribution in [3.05, 3.63) is 77.6 Å². The Kier molecular flexibility index (Phi) is 6.13. The molecular weight excluding hydrogens is 355 g/mol. The molecule has 0 spiro atoms. The van der Waals surface area contributed by atoms with Crippen molar-refractivity contribution in [1.82, 2.24) is 0 Å². The number of fused-ring (bicyclic) bond motifs is 1. The van der Waals surface area contributed by atoms with Crippen LogP contribution in [0, 0.1) is 11.7 Å². The summed E-state index contributed by atoms with van der Waals surface area (Å²) >= 11 is 0. The van der Waals surface area contributed by atoms with Gasteiger partial charge in [-0.25, -0.2) is 4.39 Å². The zero-order chi connectivity index (χ0) is 20.2. The van der Waals surface area contributed by atoms with Crippen molar-refractivity contribution >= 4 is 16.8 Å². The van der Waals surface area contributed by atoms with Gasteiger partial charge in [-0.2, -0.15) is 0 Å². The highest BCUT2D eigenvalue weighted by atomic mass is 19.1. The van der Waals surface area contributed by atoms with Crippen LogP contribution in [-0.2, 0) is 0 Å². The first-order valence-corrected chi connectivity index (χ1v) is 11.1. The van der Waals surface area contributed by atoms with Crippen LogP contribution in [0.3, 0.4) is 0 Å². The number of rotatable bonds is 5. The third-order valence-corrected chi connectivity index (χ3v) is 6.57. The van der Waals surface area contributed by atoms with Crippen LogP contribution in [0.4, 0.5) is 4.39 Å². The monoisotopic (exact) mass is 386 g/mol. The summed E-state index contributed by atoms with van der Waals surface area (Å²) in [6.45, 7) is 4.28. The first-order chi connectivity index (χ1) is 14.2. The highest BCUT2D eigenvalue weighted by Gasteiger charge is 2.22. The normalized spacial score (nSPS) is 19.8. The average molecular weight is 387 g/mol. The Hall–Kier alpha value is -2.41. The van der Waals surface area contributed by atoms with Crippen LogP contribution in [0.2, 0.25) is 0 Å². The molecule has 3 aromatic rings. The van der Waals surface area contributed by atoms with Crippen LogP contribution in [0.5, 0.6) is 0 Å². The van der Waals surface area contributed by atoms with E-state index in [1.165, 1.54) is 44.1 Å². The van der Waals surface area contributed by atoms with Crippen LogP contribution in [0.15, 0.2) is 60.7 Å². The second-order valence-corrected chi connectivity index (χ2v) is 8.54. The molecule has 150 valence electrons. The topological polar surface area (TPSA) is 0 Å². The fourth-order valence-electron chi connectivity index (χ4n) is 4.96. The molecule has 0 unspecified atom stereocenters. The summed E-state index contributed by atoms with van der Waals surface area (Å²) in [5.41, 5.74) is 4.17. The Balaban J connectivity index is 1.55. The summed E-state index contributed by atoms with van der Waals surface area (Å²) in [6, 6.07) is 18.5. The third-order valence-electron chi connectivity index (χ3n) is 6.57. The molecule has 4 rings (SSSR count). The van der Waals surface area contributed by atoms with Gasteiger partial charge >= 0.3 is 0 Å². The maximum Gasteiger partial charge on any atom is 0.138 e. The molecule has 0 nitrogen and oxygen atoms in total. The number of benzene rings is 3. The fourth-order valence-corrected chi connectivity index (χ4v) is 4.96. The Labute approximate surface area is 174 Å². The lowest BCUT2D eigenvalue weighted by atomic mass is 9.77. The molecule has 0 saturated heterocycles. The van der Waals surface area contributed by atoms with Crippen molar-refractivity contribution in [2.45, 2.75) is 58.3 Å². The van der Waals surface area contributed by atoms with Gasteiger partial charge in [0.05, 0.1) is 0 Å². The molecule has 0 bridgehead atoms. The molecule has 0 heterocycles. The van der Waals surface area contributed by atoms with Gasteiger partial charge in [0, 0.05) is 10.9 Å². The van der Waals surface area contributed by atoms with E-state index < -0.39 is 0 Å². The summed E-state index contributed by atoms with van der Waals surface area (Å²) in [5.74, 6) is 1.47. The van der Waals surface area contributed by atoms with E-state index >= 15 is 4.39 Å². The van der Waals surface area contributed by atoms with Gasteiger partial charge in [0.25, 0.3) is 0 Å². The van der Waals surface area contributed by atoms with E-state index in [0.29, 0.717) is 16.9 Å². The van der Waals surface area contributed by atoms with Crippen molar-refractivity contribution in [2.24, 2.45) is 5.92 Å². The molecule has 0 radical (unpaired) electrons. The molecule has 0 aliphatic heterocycles. The average Bonchev–Trinajstić information content (AvgIpc) is 2.75. The van der Waals surface area contributed by atoms with Gasteiger partial charge in [-0.1, -0.05) is 80.4 Å². The lowest BCUT2D eigenvalue weighted by Crippen LogP contribution is -2.13. The van der Waals surface area contributed by atoms with Crippen LogP contribution in [-0.4, -0.2) is 0 Å². The molecule has 0 atom stereocenters. The fraction of sp³-hybridized carbons (Fsp3) is 0.357. The minimum atomic E-state index is -0.123. The van der Waals surface area contributed by atoms with E-state index in [-0.39, 0.29) is 5.82 Å². The van der Waals surface area contributed by atoms with E-state index in [9.17, 15) is 0 Å². The molecule has 0 amide bonds. The summed E-state index contributed by atoms with van der Waals surface area (Å²) < 4.78 is 15.2. The van der Waals surface area contributed by atoms with Gasteiger partial charge in [0.15, 0.2) is 0 Å². The van der Waals surface area contributed by atoms with Gasteiger partial charge in [0.1, 0.15) is 5.82 Å². The van der Waals surface area contributed by atoms with Crippen LogP contribution >= 0.6 is 0 Å². The molecule has 0 N–H and O–H groups in total. The predicted octanol–water partition coefficient (Wildman–Crippen LogP) is 8.75. The smallest absolute Gasteiger partial charge is 0.138 e. The molecular formula is C28H31F. The van der Waals surface area contributed by atoms with Gasteiger partial charge in [-0.3, -0.25) is 0 Å². The molecule has 1 fully saturated rings. The van der Waals surface area contributed by atoms with Crippen molar-refractivity contribution in [3.63, 3.8) is 0 Å². The minimum absolute atomic E-state index is 0.123. The summed E-state index contributed by atoms with van der Waals surface area (Å²) in [5, 5.41) is 1.64. The quantitative estimate of drug-likeness (QED) is 0.411. The lowest BCUT2D eigenvalue weighted by Gasteiger charge is -2.28. The maximum absolute atomic E-state index is 15.2. The number of halogens is 1. The summed E-state index contributed by atoms with van der Waals surface area (Å²) in [7, 11) is 0. The highest BCUT2D eigenvalue weighted by molar-refractivity contribution is 5.89. The van der Waals surface area contributed by atoms with E-state index in [4.69, 9.17) is 0 Å². The Morgan fingerprint density at radius 1 is 0.931 bits per heavy atom. The van der Waals surface area contributed by atoms with E-state index in [0.717, 1.165) is 22.4 Å². The zero-order valence-electron chi connectivity index (χ0n) is 17.6. The number of hydrogen-bond donors (Lipinski definition) is 0. The molecule has 1 heteroatoms. The van der Waals surface area contributed by atoms with Crippen molar-refractivity contribution in [1.29, 1.82) is 0 Å². The molecule has 1 aliphatic rings. The minimum Gasteiger partial charge on any atom is -0.206 e. The molecule has 29 heavy (non-hydrogen) atoms. The van der Waals surface area contributed by atoms with Crippen molar-refractivity contribution < 1.29 is 4.39 Å². The maximum atomic E-state index is 15.2. The molecule has 3 aromatic carbocycles. The second-order valence-electron chi connectivity index (χ2n) is 8.54. The summed E-state index contributed by atoms with van der Waals surface area (Å²) in [4.78, 5) is 0. The second kappa shape index (κ2) is 8.95. The van der Waals surface area contributed by atoms with E-state index in [1.807, 2.05) is 49.4 Å². The van der Waals surface area contributed by atoms with E-state index in [1.54, 1.807) is 0 Å². The Morgan fingerprint density at radius 2 is 1.69 bits per heavy atom. The predicted molar refractivity (Wildman–Crippen MR) is 124 cm³/mol. The first-order valence-electron chi connectivity index (χ1n) is 11.1. The Bertz CT molecular complexity index is 989. The SMILES string of the molecule is C/C=C/c1ccc2c(F)c(-c3ccc(C4CCC(CCC)CC4)cc3)ccc2c1. The standard InChI is InChI=1S/C28H31F/c1-3-5-20-7-10-22(11-8-20)23-12-14-24(15-13-23)26-18-16-25-19-21(6-4-2)9-17-27(25)28(26)29/h4,6,9,12-20,22H,3,5,7-8,10-11H2,1-2H3/b6-4+. The highest BCUT2D eigenvalue weighted by Crippen LogP contribution is 2.38. The van der Waals surface area contributed by atoms with Crippen LogP contribution in [0.1, 0.15) is 69.4 Å². The van der Waals surface area contributed by atoms with Gasteiger partial charge in [0.2, 0.25) is 0 Å². The molecule has 1 saturated carbocycles. The number of hydrogen-bond acceptors (Lipinski definition) is 0. The van der Waals surface area contributed by atoms with Gasteiger partial charge < -0.3 is 0 Å². The number of allylic oxidation sites excluding steroid dienone is 1.